The van der Waals surface area contributed by atoms with Crippen molar-refractivity contribution in [3.8, 4) is 0 Å². The third-order valence-electron chi connectivity index (χ3n) is 7.87. The largest absolute Gasteiger partial charge is 0.339 e. The van der Waals surface area contributed by atoms with Gasteiger partial charge in [-0.1, -0.05) is 42.8 Å². The van der Waals surface area contributed by atoms with Crippen LogP contribution in [0.15, 0.2) is 36.4 Å². The Morgan fingerprint density at radius 1 is 1.03 bits per heavy atom. The number of fused-ring (bicyclic) bond motifs is 1. The topological polar surface area (TPSA) is 43.9 Å². The quantitative estimate of drug-likeness (QED) is 0.715. The van der Waals surface area contributed by atoms with Gasteiger partial charge in [-0.3, -0.25) is 19.4 Å². The van der Waals surface area contributed by atoms with Crippen molar-refractivity contribution in [2.45, 2.75) is 51.6 Å². The number of Topliss-reactive ketones (excluding diaryl/α,β-unsaturated/α-hetero) is 1. The molecule has 32 heavy (non-hydrogen) atoms. The summed E-state index contributed by atoms with van der Waals surface area (Å²) in [5, 5.41) is 0. The van der Waals surface area contributed by atoms with Gasteiger partial charge in [0.1, 0.15) is 5.78 Å². The molecule has 1 amide bonds. The molecule has 0 N–H and O–H groups in total. The van der Waals surface area contributed by atoms with E-state index in [2.05, 4.69) is 45.1 Å². The SMILES string of the molecule is CC(=O)C1C=CC(c2ccc3c(c2)CCN(CC(=O)N2CCN(C4CCC4)CC2)C3)=CC1. The summed E-state index contributed by atoms with van der Waals surface area (Å²) in [6, 6.07) is 7.50. The van der Waals surface area contributed by atoms with Crippen LogP contribution in [0.5, 0.6) is 0 Å². The van der Waals surface area contributed by atoms with E-state index in [1.165, 1.54) is 41.5 Å². The molecule has 0 radical (unpaired) electrons. The van der Waals surface area contributed by atoms with Crippen LogP contribution in [0.1, 0.15) is 49.3 Å². The van der Waals surface area contributed by atoms with Gasteiger partial charge in [0.2, 0.25) is 5.91 Å². The summed E-state index contributed by atoms with van der Waals surface area (Å²) in [5.41, 5.74) is 5.17. The molecule has 170 valence electrons. The number of hydrogen-bond donors (Lipinski definition) is 0. The van der Waals surface area contributed by atoms with E-state index in [0.29, 0.717) is 6.54 Å². The molecule has 2 heterocycles. The Labute approximate surface area is 191 Å². The molecular formula is C27H35N3O2. The first-order valence-electron chi connectivity index (χ1n) is 12.3. The van der Waals surface area contributed by atoms with Gasteiger partial charge in [-0.2, -0.15) is 0 Å². The van der Waals surface area contributed by atoms with Gasteiger partial charge in [-0.15, -0.1) is 0 Å². The van der Waals surface area contributed by atoms with E-state index in [9.17, 15) is 9.59 Å². The lowest BCUT2D eigenvalue weighted by Crippen LogP contribution is -2.55. The Balaban J connectivity index is 1.15. The standard InChI is InChI=1S/C27H35N3O2/c1-20(31)21-5-7-22(8-6-21)23-9-10-25-18-28(12-11-24(25)17-23)19-27(32)30-15-13-29(14-16-30)26-3-2-4-26/h5,7-10,17,21,26H,2-4,6,11-16,18-19H2,1H3. The zero-order chi connectivity index (χ0) is 22.1. The van der Waals surface area contributed by atoms with Crippen LogP contribution in [0.3, 0.4) is 0 Å². The van der Waals surface area contributed by atoms with E-state index in [1.54, 1.807) is 6.92 Å². The lowest BCUT2D eigenvalue weighted by atomic mass is 9.89. The zero-order valence-corrected chi connectivity index (χ0v) is 19.3. The van der Waals surface area contributed by atoms with E-state index in [4.69, 9.17) is 0 Å². The fourth-order valence-corrected chi connectivity index (χ4v) is 5.44. The maximum atomic E-state index is 12.9. The average molecular weight is 434 g/mol. The van der Waals surface area contributed by atoms with Crippen molar-refractivity contribution >= 4 is 17.3 Å². The molecule has 0 spiro atoms. The highest BCUT2D eigenvalue weighted by molar-refractivity contribution is 5.84. The second-order valence-corrected chi connectivity index (χ2v) is 9.92. The lowest BCUT2D eigenvalue weighted by molar-refractivity contribution is -0.135. The van der Waals surface area contributed by atoms with E-state index < -0.39 is 0 Å². The number of carbonyl (C=O) groups excluding carboxylic acids is 2. The molecule has 2 aliphatic heterocycles. The lowest BCUT2D eigenvalue weighted by Gasteiger charge is -2.43. The first-order valence-corrected chi connectivity index (χ1v) is 12.3. The molecular weight excluding hydrogens is 398 g/mol. The highest BCUT2D eigenvalue weighted by Crippen LogP contribution is 2.29. The van der Waals surface area contributed by atoms with Gasteiger partial charge in [0.05, 0.1) is 6.54 Å². The first-order chi connectivity index (χ1) is 15.6. The number of ketones is 1. The molecule has 0 aromatic heterocycles. The normalized spacial score (nSPS) is 24.6. The first kappa shape index (κ1) is 21.6. The molecule has 1 aromatic rings. The van der Waals surface area contributed by atoms with Crippen molar-refractivity contribution in [3.63, 3.8) is 0 Å². The predicted octanol–water partition coefficient (Wildman–Crippen LogP) is 3.29. The van der Waals surface area contributed by atoms with Gasteiger partial charge in [-0.05, 0) is 54.9 Å². The number of hydrogen-bond acceptors (Lipinski definition) is 4. The molecule has 0 bridgehead atoms. The van der Waals surface area contributed by atoms with Crippen LogP contribution < -0.4 is 0 Å². The Kier molecular flexibility index (Phi) is 6.29. The molecule has 5 nitrogen and oxygen atoms in total. The maximum absolute atomic E-state index is 12.9. The van der Waals surface area contributed by atoms with Gasteiger partial charge in [0, 0.05) is 51.2 Å². The number of benzene rings is 1. The minimum Gasteiger partial charge on any atom is -0.339 e. The molecule has 4 aliphatic rings. The molecule has 1 aromatic carbocycles. The van der Waals surface area contributed by atoms with Crippen LogP contribution in [-0.4, -0.2) is 71.7 Å². The Morgan fingerprint density at radius 3 is 2.50 bits per heavy atom. The molecule has 1 atom stereocenters. The summed E-state index contributed by atoms with van der Waals surface area (Å²) in [6.07, 6.45) is 12.2. The Bertz CT molecular complexity index is 938. The molecule has 2 fully saturated rings. The van der Waals surface area contributed by atoms with Crippen molar-refractivity contribution in [1.29, 1.82) is 0 Å². The average Bonchev–Trinajstić information content (AvgIpc) is 2.78. The Morgan fingerprint density at radius 2 is 1.84 bits per heavy atom. The fraction of sp³-hybridized carbons (Fsp3) is 0.556. The van der Waals surface area contributed by atoms with Gasteiger partial charge < -0.3 is 4.90 Å². The highest BCUT2D eigenvalue weighted by atomic mass is 16.2. The maximum Gasteiger partial charge on any atom is 0.236 e. The van der Waals surface area contributed by atoms with Crippen LogP contribution in [0.25, 0.3) is 5.57 Å². The third kappa shape index (κ3) is 4.60. The van der Waals surface area contributed by atoms with Gasteiger partial charge in [0.25, 0.3) is 0 Å². The third-order valence-corrected chi connectivity index (χ3v) is 7.87. The van der Waals surface area contributed by atoms with Crippen LogP contribution in [0, 0.1) is 5.92 Å². The zero-order valence-electron chi connectivity index (χ0n) is 19.3. The molecule has 1 saturated carbocycles. The Hall–Kier alpha value is -2.24. The predicted molar refractivity (Wildman–Crippen MR) is 127 cm³/mol. The van der Waals surface area contributed by atoms with Crippen LogP contribution in [0.4, 0.5) is 0 Å². The van der Waals surface area contributed by atoms with Crippen molar-refractivity contribution in [1.82, 2.24) is 14.7 Å². The minimum absolute atomic E-state index is 0.0312. The fourth-order valence-electron chi connectivity index (χ4n) is 5.44. The minimum atomic E-state index is 0.0312. The number of amides is 1. The molecule has 5 rings (SSSR count). The van der Waals surface area contributed by atoms with Crippen molar-refractivity contribution in [3.05, 3.63) is 53.1 Å². The molecule has 5 heteroatoms. The van der Waals surface area contributed by atoms with Crippen molar-refractivity contribution < 1.29 is 9.59 Å². The summed E-state index contributed by atoms with van der Waals surface area (Å²) in [7, 11) is 0. The summed E-state index contributed by atoms with van der Waals surface area (Å²) < 4.78 is 0. The van der Waals surface area contributed by atoms with E-state index in [1.807, 2.05) is 6.08 Å². The van der Waals surface area contributed by atoms with Gasteiger partial charge in [0.15, 0.2) is 0 Å². The van der Waals surface area contributed by atoms with Crippen molar-refractivity contribution in [2.75, 3.05) is 39.3 Å². The van der Waals surface area contributed by atoms with Gasteiger partial charge in [-0.25, -0.2) is 0 Å². The van der Waals surface area contributed by atoms with E-state index in [0.717, 1.165) is 58.2 Å². The van der Waals surface area contributed by atoms with Crippen LogP contribution in [-0.2, 0) is 22.6 Å². The molecule has 1 unspecified atom stereocenters. The van der Waals surface area contributed by atoms with E-state index >= 15 is 0 Å². The summed E-state index contributed by atoms with van der Waals surface area (Å²) in [4.78, 5) is 31.4. The molecule has 1 saturated heterocycles. The number of allylic oxidation sites excluding steroid dienone is 4. The van der Waals surface area contributed by atoms with Gasteiger partial charge >= 0.3 is 0 Å². The monoisotopic (exact) mass is 433 g/mol. The summed E-state index contributed by atoms with van der Waals surface area (Å²) in [5.74, 6) is 0.552. The van der Waals surface area contributed by atoms with E-state index in [-0.39, 0.29) is 17.6 Å². The smallest absolute Gasteiger partial charge is 0.236 e. The second-order valence-electron chi connectivity index (χ2n) is 9.92. The number of nitrogens with zero attached hydrogens (tertiary/aromatic N) is 3. The number of rotatable bonds is 5. The second kappa shape index (κ2) is 9.32. The number of piperazine rings is 1. The number of carbonyl (C=O) groups is 2. The summed E-state index contributed by atoms with van der Waals surface area (Å²) >= 11 is 0. The van der Waals surface area contributed by atoms with Crippen LogP contribution >= 0.6 is 0 Å². The van der Waals surface area contributed by atoms with Crippen LogP contribution in [0.2, 0.25) is 0 Å². The highest BCUT2D eigenvalue weighted by Gasteiger charge is 2.30. The molecule has 2 aliphatic carbocycles. The van der Waals surface area contributed by atoms with Crippen molar-refractivity contribution in [2.24, 2.45) is 5.92 Å². The summed E-state index contributed by atoms with van der Waals surface area (Å²) in [6.45, 7) is 7.84.